The Morgan fingerprint density at radius 3 is 0.733 bits per heavy atom. The first-order valence-electron chi connectivity index (χ1n) is 4.23. The summed E-state index contributed by atoms with van der Waals surface area (Å²) in [5.41, 5.74) is 0. The van der Waals surface area contributed by atoms with Crippen molar-refractivity contribution < 1.29 is 19.2 Å². The third kappa shape index (κ3) is 31.7. The summed E-state index contributed by atoms with van der Waals surface area (Å²) in [6.45, 7) is 5.62. The maximum absolute atomic E-state index is 10.0. The van der Waals surface area contributed by atoms with Gasteiger partial charge < -0.3 is 0 Å². The zero-order chi connectivity index (χ0) is 11.7. The van der Waals surface area contributed by atoms with Crippen molar-refractivity contribution in [3.63, 3.8) is 0 Å². The molecule has 0 fully saturated rings. The predicted molar refractivity (Wildman–Crippen MR) is 61.9 cm³/mol. The van der Waals surface area contributed by atoms with Gasteiger partial charge in [-0.05, 0) is 27.7 Å². The van der Waals surface area contributed by atoms with Gasteiger partial charge >= 0.3 is 25.8 Å². The molecule has 0 aliphatic carbocycles. The van der Waals surface area contributed by atoms with Crippen molar-refractivity contribution in [2.24, 2.45) is 0 Å². The molecule has 0 saturated carbocycles. The van der Waals surface area contributed by atoms with Crippen molar-refractivity contribution in [3.8, 4) is 0 Å². The maximum atomic E-state index is 10.0. The van der Waals surface area contributed by atoms with Gasteiger partial charge in [-0.1, -0.05) is 0 Å². The van der Waals surface area contributed by atoms with Crippen LogP contribution in [0.1, 0.15) is 40.5 Å². The van der Waals surface area contributed by atoms with Crippen LogP contribution in [0.3, 0.4) is 0 Å². The molecule has 0 bridgehead atoms. The Bertz CT molecular complexity index is 196. The summed E-state index contributed by atoms with van der Waals surface area (Å²) < 4.78 is 0. The van der Waals surface area contributed by atoms with Gasteiger partial charge in [-0.15, -0.1) is 0 Å². The van der Waals surface area contributed by atoms with Gasteiger partial charge in [0.1, 0.15) is 23.1 Å². The van der Waals surface area contributed by atoms with E-state index in [1.807, 2.05) is 0 Å². The Hall–Kier alpha value is -0.450. The fourth-order valence-corrected chi connectivity index (χ4v) is 0.701. The Morgan fingerprint density at radius 2 is 0.733 bits per heavy atom. The van der Waals surface area contributed by atoms with Gasteiger partial charge in [0.05, 0.1) is 12.8 Å². The molecule has 0 amide bonds. The second kappa shape index (κ2) is 11.6. The van der Waals surface area contributed by atoms with Crippen LogP contribution < -0.4 is 0 Å². The first-order valence-corrected chi connectivity index (χ1v) is 4.23. The summed E-state index contributed by atoms with van der Waals surface area (Å²) in [6.07, 6.45) is 0.167. The number of ketones is 4. The second-order valence-electron chi connectivity index (χ2n) is 3.16. The third-order valence-electron chi connectivity index (χ3n) is 0.996. The van der Waals surface area contributed by atoms with E-state index in [0.717, 1.165) is 0 Å². The van der Waals surface area contributed by atoms with Crippen LogP contribution in [0.15, 0.2) is 0 Å². The van der Waals surface area contributed by atoms with Gasteiger partial charge in [-0.2, -0.15) is 0 Å². The van der Waals surface area contributed by atoms with Crippen molar-refractivity contribution in [2.45, 2.75) is 40.5 Å². The van der Waals surface area contributed by atoms with Crippen molar-refractivity contribution in [2.75, 3.05) is 0 Å². The normalized spacial score (nSPS) is 7.73. The summed E-state index contributed by atoms with van der Waals surface area (Å²) in [6, 6.07) is 0. The molecular weight excluding hydrogens is 299 g/mol. The van der Waals surface area contributed by atoms with Crippen LogP contribution in [-0.2, 0) is 19.2 Å². The van der Waals surface area contributed by atoms with E-state index in [0.29, 0.717) is 0 Å². The van der Waals surface area contributed by atoms with Gasteiger partial charge in [-0.3, -0.25) is 19.2 Å². The molecule has 0 aliphatic heterocycles. The molecule has 0 aromatic rings. The van der Waals surface area contributed by atoms with Crippen molar-refractivity contribution >= 4 is 49.0 Å². The summed E-state index contributed by atoms with van der Waals surface area (Å²) in [5, 5.41) is 0. The molecule has 15 heavy (non-hydrogen) atoms. The van der Waals surface area contributed by atoms with E-state index < -0.39 is 0 Å². The molecule has 5 heteroatoms. The molecule has 0 N–H and O–H groups in total. The first-order chi connectivity index (χ1) is 6.25. The van der Waals surface area contributed by atoms with Gasteiger partial charge in [0, 0.05) is 0 Å². The summed E-state index contributed by atoms with van der Waals surface area (Å²) in [7, 11) is 0. The van der Waals surface area contributed by atoms with E-state index in [-0.39, 0.29) is 61.8 Å². The fourth-order valence-electron chi connectivity index (χ4n) is 0.701. The molecule has 0 unspecified atom stereocenters. The summed E-state index contributed by atoms with van der Waals surface area (Å²) in [5.74, 6) is -0.250. The Balaban J connectivity index is -0.000000180. The average molecular weight is 318 g/mol. The first kappa shape index (κ1) is 20.0. The SMILES string of the molecule is CC(=O)CC(C)=O.CC(=O)CC(C)=O.[InH3]. The van der Waals surface area contributed by atoms with E-state index in [1.165, 1.54) is 27.7 Å². The molecule has 0 aliphatic rings. The van der Waals surface area contributed by atoms with Crippen molar-refractivity contribution in [1.29, 1.82) is 0 Å². The average Bonchev–Trinajstić information content (AvgIpc) is 1.79. The number of rotatable bonds is 4. The summed E-state index contributed by atoms with van der Waals surface area (Å²) >= 11 is 0. The standard InChI is InChI=1S/2C5H8O2.In.3H/c2*1-4(6)3-5(2)7;;;;/h2*3H2,1-2H3;;;;. The minimum atomic E-state index is -0.0625. The molecule has 0 atom stereocenters. The van der Waals surface area contributed by atoms with Crippen LogP contribution in [0.25, 0.3) is 0 Å². The summed E-state index contributed by atoms with van der Waals surface area (Å²) in [4.78, 5) is 40.1. The van der Waals surface area contributed by atoms with Gasteiger partial charge in [0.25, 0.3) is 0 Å². The topological polar surface area (TPSA) is 68.3 Å². The zero-order valence-electron chi connectivity index (χ0n) is 9.05. The van der Waals surface area contributed by atoms with Crippen LogP contribution >= 0.6 is 0 Å². The minimum absolute atomic E-state index is 0. The van der Waals surface area contributed by atoms with Crippen LogP contribution in [0.5, 0.6) is 0 Å². The monoisotopic (exact) mass is 318 g/mol. The van der Waals surface area contributed by atoms with Crippen LogP contribution in [-0.4, -0.2) is 49.0 Å². The Morgan fingerprint density at radius 1 is 0.600 bits per heavy atom. The Kier molecular flexibility index (Phi) is 15.5. The molecule has 0 aromatic carbocycles. The van der Waals surface area contributed by atoms with Crippen molar-refractivity contribution in [3.05, 3.63) is 0 Å². The number of carbonyl (C=O) groups is 4. The molecule has 86 valence electrons. The zero-order valence-corrected chi connectivity index (χ0v) is 9.05. The fraction of sp³-hybridized carbons (Fsp3) is 0.600. The second-order valence-corrected chi connectivity index (χ2v) is 3.16. The van der Waals surface area contributed by atoms with Crippen LogP contribution in [0.4, 0.5) is 0 Å². The predicted octanol–water partition coefficient (Wildman–Crippen LogP) is -0.0749. The van der Waals surface area contributed by atoms with Gasteiger partial charge in [-0.25, -0.2) is 0 Å². The van der Waals surface area contributed by atoms with E-state index in [2.05, 4.69) is 0 Å². The van der Waals surface area contributed by atoms with E-state index in [1.54, 1.807) is 0 Å². The van der Waals surface area contributed by atoms with Crippen LogP contribution in [0.2, 0.25) is 0 Å². The molecule has 4 nitrogen and oxygen atoms in total. The van der Waals surface area contributed by atoms with Crippen molar-refractivity contribution in [1.82, 2.24) is 0 Å². The van der Waals surface area contributed by atoms with Gasteiger partial charge in [0.2, 0.25) is 0 Å². The molecule has 0 heterocycles. The van der Waals surface area contributed by atoms with E-state index in [9.17, 15) is 19.2 Å². The van der Waals surface area contributed by atoms with Crippen LogP contribution in [0, 0.1) is 0 Å². The van der Waals surface area contributed by atoms with Gasteiger partial charge in [0.15, 0.2) is 0 Å². The molecular formula is C10H19InO4. The number of carbonyl (C=O) groups excluding carboxylic acids is 4. The number of hydrogen-bond donors (Lipinski definition) is 0. The quantitative estimate of drug-likeness (QED) is 0.680. The molecule has 0 spiro atoms. The number of Topliss-reactive ketones (excluding diaryl/α,β-unsaturated/α-hetero) is 4. The van der Waals surface area contributed by atoms with E-state index in [4.69, 9.17) is 0 Å². The van der Waals surface area contributed by atoms with E-state index >= 15 is 0 Å². The Labute approximate surface area is 109 Å². The number of hydrogen-bond acceptors (Lipinski definition) is 4. The molecule has 0 saturated heterocycles. The third-order valence-corrected chi connectivity index (χ3v) is 0.996. The molecule has 0 radical (unpaired) electrons. The molecule has 0 rings (SSSR count). The molecule has 0 aromatic heterocycles.